The Labute approximate surface area is 228 Å². The summed E-state index contributed by atoms with van der Waals surface area (Å²) in [5.74, 6) is 0.0502. The first-order valence-corrected chi connectivity index (χ1v) is 13.2. The minimum Gasteiger partial charge on any atom is -0.492 e. The average Bonchev–Trinajstić information content (AvgIpc) is 3.50. The van der Waals surface area contributed by atoms with Crippen LogP contribution in [-0.2, 0) is 0 Å². The fraction of sp³-hybridized carbons (Fsp3) is 0.250. The van der Waals surface area contributed by atoms with E-state index in [1.54, 1.807) is 30.5 Å². The number of thiophene rings is 1. The Kier molecular flexibility index (Phi) is 6.97. The molecule has 6 nitrogen and oxygen atoms in total. The van der Waals surface area contributed by atoms with Crippen LogP contribution < -0.4 is 14.2 Å². The lowest BCUT2D eigenvalue weighted by Crippen LogP contribution is -2.49. The topological polar surface area (TPSA) is 59.6 Å². The van der Waals surface area contributed by atoms with E-state index in [4.69, 9.17) is 9.47 Å². The third kappa shape index (κ3) is 5.41. The van der Waals surface area contributed by atoms with Gasteiger partial charge in [0.15, 0.2) is 5.75 Å². The van der Waals surface area contributed by atoms with E-state index < -0.39 is 17.9 Å². The van der Waals surface area contributed by atoms with E-state index in [2.05, 4.69) is 19.8 Å². The van der Waals surface area contributed by atoms with Gasteiger partial charge in [0.05, 0.1) is 23.3 Å². The van der Waals surface area contributed by atoms with Gasteiger partial charge in [-0.1, -0.05) is 0 Å². The van der Waals surface area contributed by atoms with E-state index in [1.807, 2.05) is 12.1 Å². The van der Waals surface area contributed by atoms with Crippen molar-refractivity contribution >= 4 is 32.3 Å². The van der Waals surface area contributed by atoms with Crippen molar-refractivity contribution < 1.29 is 36.2 Å². The van der Waals surface area contributed by atoms with E-state index in [0.717, 1.165) is 34.8 Å². The standard InChI is InChI=1S/C28H22F5N3O3S/c29-12-16-14-36(15-16)9-10-37-17-1-3-18(4-2-17)38-25-21-7-8-24-22(13-34-35-24)26(21)40-27(25)20-6-5-19(11-23(20)30)39-28(31,32)33/h1-8,11,13,16H,9-10,12,14-15H2,(H,34,35). The molecule has 6 rings (SSSR count). The Balaban J connectivity index is 1.27. The molecule has 2 aromatic heterocycles. The van der Waals surface area contributed by atoms with E-state index in [0.29, 0.717) is 46.7 Å². The van der Waals surface area contributed by atoms with Gasteiger partial charge in [0.2, 0.25) is 0 Å². The summed E-state index contributed by atoms with van der Waals surface area (Å²) < 4.78 is 82.4. The molecule has 0 atom stereocenters. The number of hydrogen-bond acceptors (Lipinski definition) is 6. The third-order valence-corrected chi connectivity index (χ3v) is 7.87. The van der Waals surface area contributed by atoms with E-state index in [1.165, 1.54) is 17.4 Å². The van der Waals surface area contributed by atoms with Crippen LogP contribution in [0.25, 0.3) is 31.4 Å². The van der Waals surface area contributed by atoms with Crippen molar-refractivity contribution in [2.75, 3.05) is 32.9 Å². The van der Waals surface area contributed by atoms with Crippen LogP contribution in [-0.4, -0.2) is 54.4 Å². The summed E-state index contributed by atoms with van der Waals surface area (Å²) in [5.41, 5.74) is 0.851. The molecule has 1 aliphatic rings. The SMILES string of the molecule is FCC1CN(CCOc2ccc(Oc3c(-c4ccc(OC(F)(F)F)cc4F)sc4c3ccc3[nH]ncc34)cc2)C1. The predicted octanol–water partition coefficient (Wildman–Crippen LogP) is 7.55. The number of likely N-dealkylation sites (tertiary alicyclic amines) is 1. The number of H-pyrrole nitrogens is 1. The van der Waals surface area contributed by atoms with Gasteiger partial charge in [-0.05, 0) is 48.5 Å². The van der Waals surface area contributed by atoms with Gasteiger partial charge in [-0.25, -0.2) is 4.39 Å². The molecular formula is C28H22F5N3O3S. The van der Waals surface area contributed by atoms with Gasteiger partial charge >= 0.3 is 6.36 Å². The Bertz CT molecular complexity index is 1650. The highest BCUT2D eigenvalue weighted by molar-refractivity contribution is 7.23. The number of rotatable bonds is 9. The van der Waals surface area contributed by atoms with Gasteiger partial charge in [0, 0.05) is 52.7 Å². The highest BCUT2D eigenvalue weighted by Gasteiger charge is 2.32. The Morgan fingerprint density at radius 3 is 2.45 bits per heavy atom. The molecule has 1 aliphatic heterocycles. The van der Waals surface area contributed by atoms with Crippen LogP contribution in [0.2, 0.25) is 0 Å². The van der Waals surface area contributed by atoms with Gasteiger partial charge in [0.25, 0.3) is 0 Å². The van der Waals surface area contributed by atoms with Crippen molar-refractivity contribution in [3.8, 4) is 33.4 Å². The number of alkyl halides is 4. The quantitative estimate of drug-likeness (QED) is 0.184. The van der Waals surface area contributed by atoms with E-state index >= 15 is 4.39 Å². The number of fused-ring (bicyclic) bond motifs is 3. The maximum Gasteiger partial charge on any atom is 0.573 e. The summed E-state index contributed by atoms with van der Waals surface area (Å²) in [6, 6.07) is 13.6. The minimum absolute atomic E-state index is 0.0725. The number of benzene rings is 3. The molecule has 0 aliphatic carbocycles. The Morgan fingerprint density at radius 1 is 0.975 bits per heavy atom. The van der Waals surface area contributed by atoms with Gasteiger partial charge in [-0.15, -0.1) is 24.5 Å². The van der Waals surface area contributed by atoms with Gasteiger partial charge in [-0.2, -0.15) is 5.10 Å². The lowest BCUT2D eigenvalue weighted by molar-refractivity contribution is -0.274. The van der Waals surface area contributed by atoms with Crippen LogP contribution in [0.4, 0.5) is 22.0 Å². The molecule has 0 radical (unpaired) electrons. The molecule has 0 bridgehead atoms. The van der Waals surface area contributed by atoms with Crippen LogP contribution in [0.15, 0.2) is 60.8 Å². The lowest BCUT2D eigenvalue weighted by Gasteiger charge is -2.37. The molecular weight excluding hydrogens is 553 g/mol. The fourth-order valence-electron chi connectivity index (χ4n) is 4.68. The van der Waals surface area contributed by atoms with Crippen molar-refractivity contribution in [2.45, 2.75) is 6.36 Å². The molecule has 3 heterocycles. The molecule has 208 valence electrons. The number of nitrogens with one attached hydrogen (secondary N) is 1. The molecule has 12 heteroatoms. The Hall–Kier alpha value is -3.90. The highest BCUT2D eigenvalue weighted by atomic mass is 32.1. The fourth-order valence-corrected chi connectivity index (χ4v) is 5.95. The van der Waals surface area contributed by atoms with Crippen LogP contribution in [0.5, 0.6) is 23.0 Å². The summed E-state index contributed by atoms with van der Waals surface area (Å²) in [5, 5.41) is 8.49. The van der Waals surface area contributed by atoms with Crippen LogP contribution >= 0.6 is 11.3 Å². The maximum absolute atomic E-state index is 15.2. The van der Waals surface area contributed by atoms with Gasteiger partial charge < -0.3 is 14.2 Å². The number of hydrogen-bond donors (Lipinski definition) is 1. The second kappa shape index (κ2) is 10.6. The third-order valence-electron chi connectivity index (χ3n) is 6.62. The number of aromatic nitrogens is 2. The molecule has 1 saturated heterocycles. The minimum atomic E-state index is -4.93. The van der Waals surface area contributed by atoms with Crippen LogP contribution in [0.3, 0.4) is 0 Å². The van der Waals surface area contributed by atoms with Crippen molar-refractivity contribution in [1.29, 1.82) is 0 Å². The molecule has 0 amide bonds. The first-order valence-electron chi connectivity index (χ1n) is 12.4. The summed E-state index contributed by atoms with van der Waals surface area (Å²) in [6.07, 6.45) is -3.28. The smallest absolute Gasteiger partial charge is 0.492 e. The maximum atomic E-state index is 15.2. The predicted molar refractivity (Wildman–Crippen MR) is 141 cm³/mol. The first-order chi connectivity index (χ1) is 19.3. The normalized spacial score (nSPS) is 14.5. The highest BCUT2D eigenvalue weighted by Crippen LogP contribution is 2.49. The number of halogens is 5. The number of ether oxygens (including phenoxy) is 3. The van der Waals surface area contributed by atoms with Crippen molar-refractivity contribution in [2.24, 2.45) is 5.92 Å². The molecule has 3 aromatic carbocycles. The molecule has 0 saturated carbocycles. The van der Waals surface area contributed by atoms with Crippen molar-refractivity contribution in [1.82, 2.24) is 15.1 Å². The zero-order valence-electron chi connectivity index (χ0n) is 20.8. The first kappa shape index (κ1) is 26.3. The summed E-state index contributed by atoms with van der Waals surface area (Å²) in [6.45, 7) is 2.37. The van der Waals surface area contributed by atoms with Crippen molar-refractivity contribution in [3.63, 3.8) is 0 Å². The molecule has 0 spiro atoms. The zero-order chi connectivity index (χ0) is 27.9. The van der Waals surface area contributed by atoms with Gasteiger partial charge in [0.1, 0.15) is 29.7 Å². The molecule has 1 fully saturated rings. The molecule has 40 heavy (non-hydrogen) atoms. The number of nitrogens with zero attached hydrogens (tertiary/aromatic N) is 2. The lowest BCUT2D eigenvalue weighted by atomic mass is 10.0. The molecule has 5 aromatic rings. The van der Waals surface area contributed by atoms with Crippen molar-refractivity contribution in [3.05, 3.63) is 66.6 Å². The largest absolute Gasteiger partial charge is 0.573 e. The van der Waals surface area contributed by atoms with Crippen LogP contribution in [0, 0.1) is 11.7 Å². The second-order valence-corrected chi connectivity index (χ2v) is 10.4. The summed E-state index contributed by atoms with van der Waals surface area (Å²) in [4.78, 5) is 2.53. The monoisotopic (exact) mass is 575 g/mol. The summed E-state index contributed by atoms with van der Waals surface area (Å²) >= 11 is 1.25. The van der Waals surface area contributed by atoms with E-state index in [-0.39, 0.29) is 18.2 Å². The average molecular weight is 576 g/mol. The molecule has 1 N–H and O–H groups in total. The van der Waals surface area contributed by atoms with Crippen LogP contribution in [0.1, 0.15) is 0 Å². The zero-order valence-corrected chi connectivity index (χ0v) is 21.6. The van der Waals surface area contributed by atoms with Gasteiger partial charge in [-0.3, -0.25) is 14.4 Å². The van der Waals surface area contributed by atoms with E-state index in [9.17, 15) is 17.6 Å². The Morgan fingerprint density at radius 2 is 1.73 bits per heavy atom. The number of aromatic amines is 1. The second-order valence-electron chi connectivity index (χ2n) is 9.43. The molecule has 0 unspecified atom stereocenters. The summed E-state index contributed by atoms with van der Waals surface area (Å²) in [7, 11) is 0.